The van der Waals surface area contributed by atoms with Crippen LogP contribution in [-0.2, 0) is 19.4 Å². The van der Waals surface area contributed by atoms with Crippen molar-refractivity contribution >= 4 is 27.9 Å². The van der Waals surface area contributed by atoms with Crippen molar-refractivity contribution in [3.05, 3.63) is 64.3 Å². The van der Waals surface area contributed by atoms with E-state index in [0.29, 0.717) is 29.6 Å². The van der Waals surface area contributed by atoms with Gasteiger partial charge < -0.3 is 20.1 Å². The third kappa shape index (κ3) is 4.66. The van der Waals surface area contributed by atoms with E-state index in [-0.39, 0.29) is 5.91 Å². The van der Waals surface area contributed by atoms with Crippen molar-refractivity contribution in [3.8, 4) is 11.5 Å². The molecular formula is C24H27N3O3S. The van der Waals surface area contributed by atoms with Gasteiger partial charge in [0.2, 0.25) is 0 Å². The van der Waals surface area contributed by atoms with E-state index >= 15 is 0 Å². The molecule has 1 aliphatic rings. The number of pyridine rings is 1. The van der Waals surface area contributed by atoms with E-state index in [1.165, 1.54) is 4.88 Å². The molecule has 4 rings (SSSR count). The van der Waals surface area contributed by atoms with Gasteiger partial charge in [0, 0.05) is 17.1 Å². The predicted octanol–water partition coefficient (Wildman–Crippen LogP) is 5.15. The number of hydrogen-bond acceptors (Lipinski definition) is 6. The number of carbonyl (C=O) groups is 1. The largest absolute Gasteiger partial charge is 0.497 e. The second kappa shape index (κ2) is 9.39. The summed E-state index contributed by atoms with van der Waals surface area (Å²) in [5.74, 6) is 1.74. The molecule has 7 heteroatoms. The van der Waals surface area contributed by atoms with Crippen LogP contribution in [0, 0.1) is 5.92 Å². The number of fused-ring (bicyclic) bond motifs is 1. The zero-order valence-corrected chi connectivity index (χ0v) is 18.8. The van der Waals surface area contributed by atoms with E-state index in [4.69, 9.17) is 9.47 Å². The summed E-state index contributed by atoms with van der Waals surface area (Å²) in [6.07, 6.45) is 4.80. The van der Waals surface area contributed by atoms with Crippen molar-refractivity contribution < 1.29 is 14.3 Å². The molecule has 0 bridgehead atoms. The van der Waals surface area contributed by atoms with Crippen molar-refractivity contribution in [2.24, 2.45) is 5.92 Å². The number of anilines is 2. The lowest BCUT2D eigenvalue weighted by Gasteiger charge is -2.19. The number of hydrogen-bond donors (Lipinski definition) is 2. The van der Waals surface area contributed by atoms with E-state index in [1.807, 2.05) is 24.3 Å². The van der Waals surface area contributed by atoms with Crippen LogP contribution in [0.1, 0.15) is 39.8 Å². The number of amides is 1. The van der Waals surface area contributed by atoms with Gasteiger partial charge in [0.05, 0.1) is 37.7 Å². The molecule has 162 valence electrons. The number of ether oxygens (including phenoxy) is 2. The van der Waals surface area contributed by atoms with Crippen LogP contribution < -0.4 is 20.1 Å². The Hall–Kier alpha value is -3.06. The molecule has 1 aliphatic carbocycles. The second-order valence-corrected chi connectivity index (χ2v) is 8.86. The average Bonchev–Trinajstić information content (AvgIpc) is 3.16. The molecule has 6 nitrogen and oxygen atoms in total. The topological polar surface area (TPSA) is 72.5 Å². The number of thiophene rings is 1. The maximum absolute atomic E-state index is 13.4. The zero-order valence-electron chi connectivity index (χ0n) is 18.0. The molecule has 2 aromatic heterocycles. The van der Waals surface area contributed by atoms with E-state index in [9.17, 15) is 4.79 Å². The fourth-order valence-corrected chi connectivity index (χ4v) is 5.28. The molecule has 0 saturated carbocycles. The molecule has 0 aliphatic heterocycles. The van der Waals surface area contributed by atoms with Gasteiger partial charge in [0.15, 0.2) is 0 Å². The van der Waals surface area contributed by atoms with Crippen LogP contribution in [0.5, 0.6) is 11.5 Å². The predicted molar refractivity (Wildman–Crippen MR) is 125 cm³/mol. The first-order chi connectivity index (χ1) is 15.1. The van der Waals surface area contributed by atoms with Crippen LogP contribution in [0.15, 0.2) is 42.6 Å². The lowest BCUT2D eigenvalue weighted by Crippen LogP contribution is -2.18. The van der Waals surface area contributed by atoms with Crippen LogP contribution in [-0.4, -0.2) is 25.1 Å². The van der Waals surface area contributed by atoms with Gasteiger partial charge in [-0.05, 0) is 55.0 Å². The molecule has 1 atom stereocenters. The summed E-state index contributed by atoms with van der Waals surface area (Å²) in [5.41, 5.74) is 3.45. The number of methoxy groups -OCH3 is 2. The number of nitrogens with one attached hydrogen (secondary N) is 2. The van der Waals surface area contributed by atoms with Gasteiger partial charge in [-0.25, -0.2) is 0 Å². The summed E-state index contributed by atoms with van der Waals surface area (Å²) in [6, 6.07) is 11.2. The standard InChI is InChI=1S/C24H27N3O3S/c1-15-7-9-18-21(12-15)31-24(26-14-16-6-4-5-11-25-16)22(18)23(28)27-19-10-8-17(29-2)13-20(19)30-3/h4-6,8,10-11,13,15,26H,7,9,12,14H2,1-3H3,(H,27,28)/t15-/m0/s1. The van der Waals surface area contributed by atoms with Crippen molar-refractivity contribution in [3.63, 3.8) is 0 Å². The van der Waals surface area contributed by atoms with Crippen molar-refractivity contribution in [2.45, 2.75) is 32.7 Å². The Labute approximate surface area is 186 Å². The zero-order chi connectivity index (χ0) is 21.8. The summed E-state index contributed by atoms with van der Waals surface area (Å²) in [6.45, 7) is 2.84. The number of benzene rings is 1. The Morgan fingerprint density at radius 2 is 2.10 bits per heavy atom. The first-order valence-electron chi connectivity index (χ1n) is 10.4. The van der Waals surface area contributed by atoms with Crippen molar-refractivity contribution in [2.75, 3.05) is 24.9 Å². The van der Waals surface area contributed by atoms with Crippen LogP contribution in [0.25, 0.3) is 0 Å². The summed E-state index contributed by atoms with van der Waals surface area (Å²) >= 11 is 1.69. The number of nitrogens with zero attached hydrogens (tertiary/aromatic N) is 1. The highest BCUT2D eigenvalue weighted by Crippen LogP contribution is 2.40. The minimum Gasteiger partial charge on any atom is -0.497 e. The molecule has 31 heavy (non-hydrogen) atoms. The highest BCUT2D eigenvalue weighted by molar-refractivity contribution is 7.16. The highest BCUT2D eigenvalue weighted by Gasteiger charge is 2.28. The van der Waals surface area contributed by atoms with E-state index in [2.05, 4.69) is 22.5 Å². The first-order valence-corrected chi connectivity index (χ1v) is 11.2. The molecule has 0 unspecified atom stereocenters. The Kier molecular flexibility index (Phi) is 6.42. The van der Waals surface area contributed by atoms with Gasteiger partial charge in [0.1, 0.15) is 16.5 Å². The maximum atomic E-state index is 13.4. The van der Waals surface area contributed by atoms with Crippen molar-refractivity contribution in [1.29, 1.82) is 0 Å². The molecule has 0 spiro atoms. The SMILES string of the molecule is COc1ccc(NC(=O)c2c(NCc3ccccn3)sc3c2CC[C@H](C)C3)c(OC)c1. The number of carbonyl (C=O) groups excluding carboxylic acids is 1. The molecule has 3 aromatic rings. The lowest BCUT2D eigenvalue weighted by atomic mass is 9.88. The monoisotopic (exact) mass is 437 g/mol. The van der Waals surface area contributed by atoms with Crippen LogP contribution in [0.4, 0.5) is 10.7 Å². The highest BCUT2D eigenvalue weighted by atomic mass is 32.1. The van der Waals surface area contributed by atoms with Gasteiger partial charge in [-0.15, -0.1) is 11.3 Å². The Morgan fingerprint density at radius 3 is 2.84 bits per heavy atom. The van der Waals surface area contributed by atoms with Crippen LogP contribution >= 0.6 is 11.3 Å². The van der Waals surface area contributed by atoms with Gasteiger partial charge in [-0.2, -0.15) is 0 Å². The third-order valence-corrected chi connectivity index (χ3v) is 6.76. The van der Waals surface area contributed by atoms with Gasteiger partial charge in [0.25, 0.3) is 5.91 Å². The lowest BCUT2D eigenvalue weighted by molar-refractivity contribution is 0.102. The summed E-state index contributed by atoms with van der Waals surface area (Å²) < 4.78 is 10.7. The summed E-state index contributed by atoms with van der Waals surface area (Å²) in [7, 11) is 3.18. The number of aromatic nitrogens is 1. The summed E-state index contributed by atoms with van der Waals surface area (Å²) in [5, 5.41) is 7.40. The average molecular weight is 438 g/mol. The molecule has 0 saturated heterocycles. The maximum Gasteiger partial charge on any atom is 0.259 e. The molecule has 1 amide bonds. The van der Waals surface area contributed by atoms with Crippen LogP contribution in [0.2, 0.25) is 0 Å². The molecular weight excluding hydrogens is 410 g/mol. The molecule has 0 fully saturated rings. The van der Waals surface area contributed by atoms with E-state index < -0.39 is 0 Å². The smallest absolute Gasteiger partial charge is 0.259 e. The molecule has 1 aromatic carbocycles. The van der Waals surface area contributed by atoms with E-state index in [1.54, 1.807) is 43.9 Å². The molecule has 0 radical (unpaired) electrons. The Bertz CT molecular complexity index is 1070. The Balaban J connectivity index is 1.63. The quantitative estimate of drug-likeness (QED) is 0.535. The van der Waals surface area contributed by atoms with E-state index in [0.717, 1.165) is 41.1 Å². The Morgan fingerprint density at radius 1 is 1.23 bits per heavy atom. The number of rotatable bonds is 7. The minimum absolute atomic E-state index is 0.126. The molecule has 2 heterocycles. The fourth-order valence-electron chi connectivity index (χ4n) is 3.88. The first kappa shape index (κ1) is 21.2. The van der Waals surface area contributed by atoms with Crippen LogP contribution in [0.3, 0.4) is 0 Å². The second-order valence-electron chi connectivity index (χ2n) is 7.75. The van der Waals surface area contributed by atoms with Gasteiger partial charge >= 0.3 is 0 Å². The molecule has 2 N–H and O–H groups in total. The van der Waals surface area contributed by atoms with Crippen molar-refractivity contribution in [1.82, 2.24) is 4.98 Å². The van der Waals surface area contributed by atoms with Gasteiger partial charge in [-0.1, -0.05) is 13.0 Å². The summed E-state index contributed by atoms with van der Waals surface area (Å²) in [4.78, 5) is 19.1. The van der Waals surface area contributed by atoms with Gasteiger partial charge in [-0.3, -0.25) is 9.78 Å². The minimum atomic E-state index is -0.126. The third-order valence-electron chi connectivity index (χ3n) is 5.55. The fraction of sp³-hybridized carbons (Fsp3) is 0.333. The normalized spacial score (nSPS) is 15.1.